The molecule has 2 rings (SSSR count). The van der Waals surface area contributed by atoms with E-state index in [0.29, 0.717) is 12.1 Å². The van der Waals surface area contributed by atoms with Crippen LogP contribution in [-0.2, 0) is 0 Å². The van der Waals surface area contributed by atoms with Gasteiger partial charge in [-0.2, -0.15) is 0 Å². The lowest BCUT2D eigenvalue weighted by Crippen LogP contribution is -2.42. The molecule has 0 aromatic heterocycles. The summed E-state index contributed by atoms with van der Waals surface area (Å²) in [5, 5.41) is 7.19. The van der Waals surface area contributed by atoms with Crippen LogP contribution in [0.4, 0.5) is 0 Å². The van der Waals surface area contributed by atoms with E-state index in [9.17, 15) is 0 Å². The Morgan fingerprint density at radius 2 is 2.11 bits per heavy atom. The maximum Gasteiger partial charge on any atom is 0.119 e. The average Bonchev–Trinajstić information content (AvgIpc) is 2.47. The minimum Gasteiger partial charge on any atom is -0.494 e. The summed E-state index contributed by atoms with van der Waals surface area (Å²) in [6, 6.07) is 9.43. The molecule has 2 unspecified atom stereocenters. The van der Waals surface area contributed by atoms with Crippen molar-refractivity contribution in [3.8, 4) is 5.75 Å². The van der Waals surface area contributed by atoms with Gasteiger partial charge in [-0.05, 0) is 50.9 Å². The smallest absolute Gasteiger partial charge is 0.119 e. The maximum absolute atomic E-state index is 5.47. The number of piperidine rings is 1. The van der Waals surface area contributed by atoms with Gasteiger partial charge in [0.25, 0.3) is 0 Å². The predicted octanol–water partition coefficient (Wildman–Crippen LogP) is 2.88. The highest BCUT2D eigenvalue weighted by Crippen LogP contribution is 2.18. The van der Waals surface area contributed by atoms with Crippen LogP contribution in [0, 0.1) is 0 Å². The fourth-order valence-corrected chi connectivity index (χ4v) is 2.55. The molecule has 0 bridgehead atoms. The molecular formula is C16H26N2O. The second-order valence-corrected chi connectivity index (χ2v) is 5.28. The molecule has 1 saturated heterocycles. The van der Waals surface area contributed by atoms with Gasteiger partial charge in [-0.3, -0.25) is 0 Å². The van der Waals surface area contributed by atoms with Crippen LogP contribution < -0.4 is 15.4 Å². The number of ether oxygens (including phenoxy) is 1. The second kappa shape index (κ2) is 7.51. The van der Waals surface area contributed by atoms with Gasteiger partial charge in [0.15, 0.2) is 0 Å². The molecule has 2 atom stereocenters. The fourth-order valence-electron chi connectivity index (χ4n) is 2.55. The van der Waals surface area contributed by atoms with E-state index in [1.807, 2.05) is 6.92 Å². The third-order valence-corrected chi connectivity index (χ3v) is 3.77. The zero-order chi connectivity index (χ0) is 13.5. The second-order valence-electron chi connectivity index (χ2n) is 5.28. The Morgan fingerprint density at radius 3 is 2.74 bits per heavy atom. The van der Waals surface area contributed by atoms with E-state index in [1.165, 1.54) is 31.4 Å². The normalized spacial score (nSPS) is 21.1. The fraction of sp³-hybridized carbons (Fsp3) is 0.625. The van der Waals surface area contributed by atoms with Crippen molar-refractivity contribution >= 4 is 0 Å². The lowest BCUT2D eigenvalue weighted by molar-refractivity contribution is 0.340. The zero-order valence-corrected chi connectivity index (χ0v) is 12.1. The van der Waals surface area contributed by atoms with Crippen molar-refractivity contribution in [3.63, 3.8) is 0 Å². The van der Waals surface area contributed by atoms with Crippen molar-refractivity contribution in [2.24, 2.45) is 0 Å². The first-order chi connectivity index (χ1) is 9.29. The van der Waals surface area contributed by atoms with Crippen LogP contribution >= 0.6 is 0 Å². The average molecular weight is 262 g/mol. The molecule has 3 heteroatoms. The van der Waals surface area contributed by atoms with E-state index in [1.54, 1.807) is 0 Å². The summed E-state index contributed by atoms with van der Waals surface area (Å²) in [4.78, 5) is 0. The molecule has 0 saturated carbocycles. The largest absolute Gasteiger partial charge is 0.494 e. The van der Waals surface area contributed by atoms with Crippen molar-refractivity contribution in [3.05, 3.63) is 29.8 Å². The molecule has 0 aliphatic carbocycles. The molecule has 0 radical (unpaired) electrons. The van der Waals surface area contributed by atoms with Gasteiger partial charge in [-0.1, -0.05) is 18.6 Å². The van der Waals surface area contributed by atoms with Crippen LogP contribution in [0.3, 0.4) is 0 Å². The van der Waals surface area contributed by atoms with E-state index < -0.39 is 0 Å². The summed E-state index contributed by atoms with van der Waals surface area (Å²) in [5.74, 6) is 0.951. The summed E-state index contributed by atoms with van der Waals surface area (Å²) in [6.07, 6.45) is 3.98. The highest BCUT2D eigenvalue weighted by Gasteiger charge is 2.13. The van der Waals surface area contributed by atoms with Gasteiger partial charge in [0.2, 0.25) is 0 Å². The first-order valence-electron chi connectivity index (χ1n) is 7.49. The Hall–Kier alpha value is -1.06. The molecule has 2 N–H and O–H groups in total. The van der Waals surface area contributed by atoms with Gasteiger partial charge < -0.3 is 15.4 Å². The highest BCUT2D eigenvalue weighted by molar-refractivity contribution is 5.28. The third-order valence-electron chi connectivity index (χ3n) is 3.77. The Labute approximate surface area is 116 Å². The monoisotopic (exact) mass is 262 g/mol. The summed E-state index contributed by atoms with van der Waals surface area (Å²) >= 11 is 0. The molecule has 106 valence electrons. The number of nitrogens with one attached hydrogen (secondary N) is 2. The Balaban J connectivity index is 1.79. The van der Waals surface area contributed by atoms with E-state index in [-0.39, 0.29) is 0 Å². The Kier molecular flexibility index (Phi) is 5.67. The topological polar surface area (TPSA) is 33.3 Å². The van der Waals surface area contributed by atoms with Crippen LogP contribution in [0.2, 0.25) is 0 Å². The van der Waals surface area contributed by atoms with Crippen LogP contribution in [0.1, 0.15) is 44.7 Å². The summed E-state index contributed by atoms with van der Waals surface area (Å²) in [7, 11) is 0. The first kappa shape index (κ1) is 14.4. The maximum atomic E-state index is 5.47. The molecule has 19 heavy (non-hydrogen) atoms. The summed E-state index contributed by atoms with van der Waals surface area (Å²) in [6.45, 7) is 7.17. The number of benzene rings is 1. The molecule has 1 aromatic rings. The minimum absolute atomic E-state index is 0.388. The molecule has 0 amide bonds. The van der Waals surface area contributed by atoms with Crippen molar-refractivity contribution in [2.75, 3.05) is 19.7 Å². The van der Waals surface area contributed by atoms with Gasteiger partial charge in [-0.15, -0.1) is 0 Å². The Bertz CT molecular complexity index is 358. The van der Waals surface area contributed by atoms with E-state index in [0.717, 1.165) is 18.9 Å². The lowest BCUT2D eigenvalue weighted by atomic mass is 10.0. The SMILES string of the molecule is CCOc1ccc(C(C)NCC2CCCCN2)cc1. The molecule has 3 nitrogen and oxygen atoms in total. The molecule has 1 heterocycles. The molecule has 1 aromatic carbocycles. The van der Waals surface area contributed by atoms with Crippen molar-refractivity contribution < 1.29 is 4.74 Å². The van der Waals surface area contributed by atoms with Gasteiger partial charge in [0, 0.05) is 18.6 Å². The molecule has 1 aliphatic rings. The van der Waals surface area contributed by atoms with Gasteiger partial charge >= 0.3 is 0 Å². The van der Waals surface area contributed by atoms with Crippen molar-refractivity contribution in [1.82, 2.24) is 10.6 Å². The predicted molar refractivity (Wildman–Crippen MR) is 79.7 cm³/mol. The molecule has 1 fully saturated rings. The summed E-state index contributed by atoms with van der Waals surface area (Å²) < 4.78 is 5.47. The summed E-state index contributed by atoms with van der Waals surface area (Å²) in [5.41, 5.74) is 1.32. The number of hydrogen-bond acceptors (Lipinski definition) is 3. The first-order valence-corrected chi connectivity index (χ1v) is 7.49. The third kappa shape index (κ3) is 4.51. The molecular weight excluding hydrogens is 236 g/mol. The standard InChI is InChI=1S/C16H26N2O/c1-3-19-16-9-7-14(8-10-16)13(2)18-12-15-6-4-5-11-17-15/h7-10,13,15,17-18H,3-6,11-12H2,1-2H3. The van der Waals surface area contributed by atoms with Crippen LogP contribution in [0.5, 0.6) is 5.75 Å². The van der Waals surface area contributed by atoms with E-state index >= 15 is 0 Å². The van der Waals surface area contributed by atoms with Gasteiger partial charge in [0.1, 0.15) is 5.75 Å². The van der Waals surface area contributed by atoms with Crippen molar-refractivity contribution in [1.29, 1.82) is 0 Å². The molecule has 1 aliphatic heterocycles. The van der Waals surface area contributed by atoms with Crippen LogP contribution in [0.15, 0.2) is 24.3 Å². The van der Waals surface area contributed by atoms with Gasteiger partial charge in [0.05, 0.1) is 6.61 Å². The van der Waals surface area contributed by atoms with E-state index in [4.69, 9.17) is 4.74 Å². The number of hydrogen-bond donors (Lipinski definition) is 2. The van der Waals surface area contributed by atoms with Gasteiger partial charge in [-0.25, -0.2) is 0 Å². The van der Waals surface area contributed by atoms with Crippen LogP contribution in [0.25, 0.3) is 0 Å². The zero-order valence-electron chi connectivity index (χ0n) is 12.1. The highest BCUT2D eigenvalue weighted by atomic mass is 16.5. The Morgan fingerprint density at radius 1 is 1.32 bits per heavy atom. The van der Waals surface area contributed by atoms with E-state index in [2.05, 4.69) is 41.8 Å². The molecule has 0 spiro atoms. The number of rotatable bonds is 6. The quantitative estimate of drug-likeness (QED) is 0.827. The van der Waals surface area contributed by atoms with Crippen LogP contribution in [-0.4, -0.2) is 25.7 Å². The lowest BCUT2D eigenvalue weighted by Gasteiger charge is -2.25. The van der Waals surface area contributed by atoms with Crippen molar-refractivity contribution in [2.45, 2.75) is 45.2 Å². The minimum atomic E-state index is 0.388.